The van der Waals surface area contributed by atoms with Crippen LogP contribution >= 0.6 is 0 Å². The molecule has 0 unspecified atom stereocenters. The van der Waals surface area contributed by atoms with E-state index < -0.39 is 45.6 Å². The first kappa shape index (κ1) is 47.5. The van der Waals surface area contributed by atoms with Crippen LogP contribution < -0.4 is 25.3 Å². The molecule has 0 aliphatic carbocycles. The standard InChI is InChI=1S/C28H23FN2O6.C24H21FN4O5/c1-16(32)21-25(36-14-18-6-4-3-5-7-18)22-23-24(37-28(2,27(34)35)15-31(23)26(21)33)19(13-30-22)12-17-8-10-20(29)11-9-17;1-4-16(30)17-20(31)18-19-21(14(10-26-18)9-13-5-7-15(25)8-6-13)34-24(3,11-29(19)22(17)32)23-28-27-12(2)33-23/h3-11,13H,12,14-15H2,1-2H3,(H,34,35);5-8,10,31H,4,9,11H2,1-3H3/t28-;24-/m11/s1. The number of aromatic nitrogens is 6. The van der Waals surface area contributed by atoms with Gasteiger partial charge in [0.1, 0.15) is 51.4 Å². The molecule has 2 aliphatic heterocycles. The van der Waals surface area contributed by atoms with Crippen molar-refractivity contribution < 1.29 is 52.0 Å². The number of halogens is 2. The average Bonchev–Trinajstić information content (AvgIpc) is 3.80. The van der Waals surface area contributed by atoms with E-state index in [4.69, 9.17) is 18.6 Å². The number of ketones is 2. The maximum Gasteiger partial charge on any atom is 0.349 e. The fourth-order valence-corrected chi connectivity index (χ4v) is 8.68. The largest absolute Gasteiger partial charge is 0.505 e. The number of carboxylic acids is 1. The van der Waals surface area contributed by atoms with Gasteiger partial charge in [0.2, 0.25) is 17.1 Å². The summed E-state index contributed by atoms with van der Waals surface area (Å²) in [5.41, 5.74) is -0.588. The van der Waals surface area contributed by atoms with Crippen LogP contribution in [0.5, 0.6) is 23.0 Å². The molecule has 2 aliphatic rings. The normalized spacial score (nSPS) is 16.7. The van der Waals surface area contributed by atoms with Crippen molar-refractivity contribution in [1.82, 2.24) is 29.3 Å². The third-order valence-corrected chi connectivity index (χ3v) is 12.3. The van der Waals surface area contributed by atoms with Crippen LogP contribution in [0.4, 0.5) is 8.78 Å². The first-order valence-corrected chi connectivity index (χ1v) is 22.4. The number of hydrogen-bond donors (Lipinski definition) is 2. The van der Waals surface area contributed by atoms with Crippen molar-refractivity contribution >= 4 is 39.6 Å². The van der Waals surface area contributed by atoms with E-state index >= 15 is 0 Å². The van der Waals surface area contributed by atoms with E-state index in [0.717, 1.165) is 16.7 Å². The van der Waals surface area contributed by atoms with Gasteiger partial charge in [0.15, 0.2) is 34.6 Å². The minimum Gasteiger partial charge on any atom is -0.505 e. The summed E-state index contributed by atoms with van der Waals surface area (Å²) in [6, 6.07) is 21.1. The lowest BCUT2D eigenvalue weighted by molar-refractivity contribution is -0.155. The van der Waals surface area contributed by atoms with Crippen molar-refractivity contribution in [2.24, 2.45) is 0 Å². The Kier molecular flexibility index (Phi) is 12.3. The molecular formula is C52H44F2N6O11. The second-order valence-corrected chi connectivity index (χ2v) is 17.6. The number of aliphatic carboxylic acids is 1. The summed E-state index contributed by atoms with van der Waals surface area (Å²) in [4.78, 5) is 73.4. The van der Waals surface area contributed by atoms with E-state index in [9.17, 15) is 43.0 Å². The zero-order valence-electron chi connectivity index (χ0n) is 38.9. The van der Waals surface area contributed by atoms with Crippen LogP contribution in [0.1, 0.15) is 94.4 Å². The Labute approximate surface area is 401 Å². The van der Waals surface area contributed by atoms with Gasteiger partial charge in [-0.05, 0) is 61.7 Å². The van der Waals surface area contributed by atoms with E-state index in [1.807, 2.05) is 30.3 Å². The molecule has 362 valence electrons. The minimum absolute atomic E-state index is 0.0183. The summed E-state index contributed by atoms with van der Waals surface area (Å²) in [6.45, 7) is 7.30. The number of hydrogen-bond acceptors (Lipinski definition) is 14. The van der Waals surface area contributed by atoms with E-state index in [-0.39, 0.29) is 94.8 Å². The fourth-order valence-electron chi connectivity index (χ4n) is 8.68. The van der Waals surface area contributed by atoms with Gasteiger partial charge in [-0.25, -0.2) is 13.6 Å². The highest BCUT2D eigenvalue weighted by Gasteiger charge is 2.45. The quantitative estimate of drug-likeness (QED) is 0.113. The molecule has 7 heterocycles. The Morgan fingerprint density at radius 1 is 0.746 bits per heavy atom. The molecule has 2 N–H and O–H groups in total. The second kappa shape index (κ2) is 18.4. The van der Waals surface area contributed by atoms with Gasteiger partial charge in [-0.3, -0.25) is 38.3 Å². The maximum atomic E-state index is 13.6. The molecule has 10 rings (SSSR count). The Morgan fingerprint density at radius 2 is 1.30 bits per heavy atom. The number of carboxylic acid groups (broad SMARTS) is 1. The number of aryl methyl sites for hydroxylation is 1. The number of Topliss-reactive ketones (excluding diaryl/α,β-unsaturated/α-hetero) is 2. The van der Waals surface area contributed by atoms with Gasteiger partial charge in [-0.2, -0.15) is 0 Å². The topological polar surface area (TPSA) is 228 Å². The number of nitrogens with zero attached hydrogens (tertiary/aromatic N) is 6. The Morgan fingerprint density at radius 3 is 1.85 bits per heavy atom. The van der Waals surface area contributed by atoms with Gasteiger partial charge in [-0.15, -0.1) is 10.2 Å². The number of aromatic hydroxyl groups is 1. The lowest BCUT2D eigenvalue weighted by atomic mass is 9.98. The summed E-state index contributed by atoms with van der Waals surface area (Å²) in [7, 11) is 0. The first-order valence-electron chi connectivity index (χ1n) is 22.4. The molecule has 5 aromatic heterocycles. The predicted molar refractivity (Wildman–Crippen MR) is 251 cm³/mol. The molecule has 2 atom stereocenters. The summed E-state index contributed by atoms with van der Waals surface area (Å²) in [5.74, 6) is -2.54. The highest BCUT2D eigenvalue weighted by atomic mass is 19.1. The summed E-state index contributed by atoms with van der Waals surface area (Å²) >= 11 is 0. The Balaban J connectivity index is 0.000000176. The highest BCUT2D eigenvalue weighted by molar-refractivity contribution is 6.04. The third-order valence-electron chi connectivity index (χ3n) is 12.3. The van der Waals surface area contributed by atoms with Gasteiger partial charge in [0, 0.05) is 49.7 Å². The monoisotopic (exact) mass is 966 g/mol. The van der Waals surface area contributed by atoms with Gasteiger partial charge >= 0.3 is 5.97 Å². The summed E-state index contributed by atoms with van der Waals surface area (Å²) in [5, 5.41) is 28.7. The van der Waals surface area contributed by atoms with E-state index in [1.165, 1.54) is 59.6 Å². The smallest absolute Gasteiger partial charge is 0.349 e. The zero-order valence-corrected chi connectivity index (χ0v) is 38.9. The lowest BCUT2D eigenvalue weighted by Crippen LogP contribution is -2.50. The van der Waals surface area contributed by atoms with Gasteiger partial charge in [0.25, 0.3) is 17.0 Å². The predicted octanol–water partition coefficient (Wildman–Crippen LogP) is 7.57. The molecule has 19 heteroatoms. The van der Waals surface area contributed by atoms with Gasteiger partial charge in [0.05, 0.1) is 13.1 Å². The summed E-state index contributed by atoms with van der Waals surface area (Å²) in [6.07, 6.45) is 3.63. The second-order valence-electron chi connectivity index (χ2n) is 17.6. The van der Waals surface area contributed by atoms with Gasteiger partial charge < -0.3 is 28.8 Å². The van der Waals surface area contributed by atoms with Crippen LogP contribution in [-0.2, 0) is 42.9 Å². The Hall–Kier alpha value is -8.61. The van der Waals surface area contributed by atoms with Crippen LogP contribution in [0.2, 0.25) is 0 Å². The number of benzene rings is 3. The lowest BCUT2D eigenvalue weighted by Gasteiger charge is -2.35. The average molecular weight is 967 g/mol. The number of carbonyl (C=O) groups is 3. The van der Waals surface area contributed by atoms with Crippen LogP contribution in [0, 0.1) is 18.6 Å². The Bertz CT molecular complexity index is 3580. The van der Waals surface area contributed by atoms with Crippen LogP contribution in [0.15, 0.2) is 105 Å². The van der Waals surface area contributed by atoms with Crippen LogP contribution in [0.3, 0.4) is 0 Å². The van der Waals surface area contributed by atoms with Crippen molar-refractivity contribution in [1.29, 1.82) is 0 Å². The maximum absolute atomic E-state index is 13.6. The zero-order chi connectivity index (χ0) is 50.5. The molecule has 0 bridgehead atoms. The molecule has 0 saturated heterocycles. The fraction of sp³-hybridized carbons (Fsp3) is 0.250. The van der Waals surface area contributed by atoms with Crippen molar-refractivity contribution in [3.8, 4) is 23.0 Å². The molecule has 0 amide bonds. The van der Waals surface area contributed by atoms with Gasteiger partial charge in [-0.1, -0.05) is 61.5 Å². The molecule has 71 heavy (non-hydrogen) atoms. The first-order chi connectivity index (χ1) is 33.9. The molecule has 17 nitrogen and oxygen atoms in total. The number of carbonyl (C=O) groups excluding carboxylic acids is 2. The van der Waals surface area contributed by atoms with E-state index in [1.54, 1.807) is 45.0 Å². The molecule has 0 fully saturated rings. The van der Waals surface area contributed by atoms with E-state index in [2.05, 4.69) is 20.2 Å². The van der Waals surface area contributed by atoms with Crippen molar-refractivity contribution in [3.63, 3.8) is 0 Å². The number of rotatable bonds is 12. The van der Waals surface area contributed by atoms with Crippen LogP contribution in [-0.4, -0.2) is 62.6 Å². The van der Waals surface area contributed by atoms with Crippen molar-refractivity contribution in [2.45, 2.75) is 84.8 Å². The molecule has 8 aromatic rings. The number of ether oxygens (including phenoxy) is 3. The molecule has 0 saturated carbocycles. The van der Waals surface area contributed by atoms with Crippen molar-refractivity contribution in [3.05, 3.63) is 174 Å². The summed E-state index contributed by atoms with van der Waals surface area (Å²) < 4.78 is 53.5. The SMILES string of the molecule is CC(=O)c1c(OCc2ccccc2)c2ncc(Cc3ccc(F)cc3)c3c2n(c1=O)C[C@](C)(C(=O)O)O3.CCC(=O)c1c(O)c2ncc(Cc3ccc(F)cc3)c3c2n(c1=O)C[C@](C)(c1nnc(C)o1)O3. The number of pyridine rings is 4. The van der Waals surface area contributed by atoms with Crippen molar-refractivity contribution in [2.75, 3.05) is 0 Å². The van der Waals surface area contributed by atoms with E-state index in [0.29, 0.717) is 29.2 Å². The molecule has 3 aromatic carbocycles. The van der Waals surface area contributed by atoms with Crippen LogP contribution in [0.25, 0.3) is 22.1 Å². The molecule has 0 spiro atoms. The minimum atomic E-state index is -1.77. The highest BCUT2D eigenvalue weighted by Crippen LogP contribution is 2.44. The molecule has 0 radical (unpaired) electrons. The third kappa shape index (κ3) is 8.74. The molecular weight excluding hydrogens is 923 g/mol.